The van der Waals surface area contributed by atoms with E-state index in [2.05, 4.69) is 4.98 Å². The normalized spacial score (nSPS) is 12.6. The van der Waals surface area contributed by atoms with Crippen molar-refractivity contribution in [2.24, 2.45) is 0 Å². The number of pyridine rings is 1. The molecule has 1 unspecified atom stereocenters. The van der Waals surface area contributed by atoms with Gasteiger partial charge in [0.2, 0.25) is 0 Å². The van der Waals surface area contributed by atoms with E-state index in [1.54, 1.807) is 6.20 Å². The highest BCUT2D eigenvalue weighted by Gasteiger charge is 2.18. The first-order chi connectivity index (χ1) is 9.66. The molecule has 0 fully saturated rings. The van der Waals surface area contributed by atoms with E-state index >= 15 is 0 Å². The first kappa shape index (κ1) is 12.7. The van der Waals surface area contributed by atoms with E-state index in [4.69, 9.17) is 0 Å². The molecule has 0 aliphatic carbocycles. The second-order valence-electron chi connectivity index (χ2n) is 4.49. The van der Waals surface area contributed by atoms with Gasteiger partial charge in [-0.2, -0.15) is 0 Å². The van der Waals surface area contributed by atoms with Gasteiger partial charge in [-0.3, -0.25) is 4.98 Å². The van der Waals surface area contributed by atoms with Crippen molar-refractivity contribution in [1.82, 2.24) is 4.98 Å². The summed E-state index contributed by atoms with van der Waals surface area (Å²) >= 11 is 0. The molecule has 4 heteroatoms. The molecule has 0 amide bonds. The average molecular weight is 271 g/mol. The van der Waals surface area contributed by atoms with E-state index in [9.17, 15) is 13.9 Å². The molecular formula is C16H11F2NO. The van der Waals surface area contributed by atoms with Crippen LogP contribution in [0.3, 0.4) is 0 Å². The van der Waals surface area contributed by atoms with Gasteiger partial charge in [-0.25, -0.2) is 8.78 Å². The lowest BCUT2D eigenvalue weighted by atomic mass is 10.0. The van der Waals surface area contributed by atoms with Crippen molar-refractivity contribution in [2.75, 3.05) is 0 Å². The quantitative estimate of drug-likeness (QED) is 0.772. The van der Waals surface area contributed by atoms with Gasteiger partial charge in [-0.05, 0) is 17.5 Å². The Morgan fingerprint density at radius 3 is 2.60 bits per heavy atom. The number of aromatic nitrogens is 1. The zero-order chi connectivity index (χ0) is 14.1. The van der Waals surface area contributed by atoms with Crippen molar-refractivity contribution < 1.29 is 13.9 Å². The molecule has 1 aromatic heterocycles. The molecule has 0 radical (unpaired) electrons. The first-order valence-electron chi connectivity index (χ1n) is 6.13. The number of aliphatic hydroxyl groups excluding tert-OH is 1. The monoisotopic (exact) mass is 271 g/mol. The van der Waals surface area contributed by atoms with Crippen LogP contribution in [0.15, 0.2) is 54.7 Å². The van der Waals surface area contributed by atoms with Crippen LogP contribution in [0.4, 0.5) is 8.78 Å². The van der Waals surface area contributed by atoms with E-state index in [1.807, 2.05) is 30.3 Å². The number of fused-ring (bicyclic) bond motifs is 1. The highest BCUT2D eigenvalue weighted by atomic mass is 19.1. The maximum absolute atomic E-state index is 13.8. The second kappa shape index (κ2) is 4.98. The molecule has 0 aliphatic heterocycles. The summed E-state index contributed by atoms with van der Waals surface area (Å²) < 4.78 is 26.7. The number of benzene rings is 2. The van der Waals surface area contributed by atoms with Crippen LogP contribution in [0.2, 0.25) is 0 Å². The Morgan fingerprint density at radius 2 is 1.80 bits per heavy atom. The third-order valence-corrected chi connectivity index (χ3v) is 3.22. The minimum atomic E-state index is -1.23. The molecule has 0 bridgehead atoms. The van der Waals surface area contributed by atoms with Gasteiger partial charge in [-0.15, -0.1) is 0 Å². The fraction of sp³-hybridized carbons (Fsp3) is 0.0625. The van der Waals surface area contributed by atoms with Crippen LogP contribution in [-0.4, -0.2) is 10.1 Å². The maximum Gasteiger partial charge on any atom is 0.132 e. The van der Waals surface area contributed by atoms with Gasteiger partial charge in [-0.1, -0.05) is 30.3 Å². The molecule has 3 aromatic rings. The molecule has 0 saturated carbocycles. The summed E-state index contributed by atoms with van der Waals surface area (Å²) in [7, 11) is 0. The molecule has 0 saturated heterocycles. The van der Waals surface area contributed by atoms with Crippen LogP contribution in [0.1, 0.15) is 17.4 Å². The summed E-state index contributed by atoms with van der Waals surface area (Å²) in [5.74, 6) is -1.46. The van der Waals surface area contributed by atoms with Crippen molar-refractivity contribution in [1.29, 1.82) is 0 Å². The number of hydrogen-bond acceptors (Lipinski definition) is 2. The second-order valence-corrected chi connectivity index (χ2v) is 4.49. The van der Waals surface area contributed by atoms with Crippen LogP contribution in [0, 0.1) is 11.6 Å². The molecule has 0 aliphatic rings. The Hall–Kier alpha value is -2.33. The molecular weight excluding hydrogens is 260 g/mol. The van der Waals surface area contributed by atoms with Gasteiger partial charge in [0, 0.05) is 23.2 Å². The summed E-state index contributed by atoms with van der Waals surface area (Å²) in [6, 6.07) is 12.3. The summed E-state index contributed by atoms with van der Waals surface area (Å²) in [6.07, 6.45) is 0.323. The highest BCUT2D eigenvalue weighted by Crippen LogP contribution is 2.28. The average Bonchev–Trinajstić information content (AvgIpc) is 2.46. The van der Waals surface area contributed by atoms with Gasteiger partial charge in [0.05, 0.1) is 5.69 Å². The molecule has 1 atom stereocenters. The fourth-order valence-electron chi connectivity index (χ4n) is 2.23. The number of nitrogens with zero attached hydrogens (tertiary/aromatic N) is 1. The van der Waals surface area contributed by atoms with E-state index in [0.29, 0.717) is 5.69 Å². The van der Waals surface area contributed by atoms with Crippen LogP contribution in [-0.2, 0) is 0 Å². The lowest BCUT2D eigenvalue weighted by Crippen LogP contribution is -2.05. The van der Waals surface area contributed by atoms with Crippen LogP contribution >= 0.6 is 0 Å². The predicted octanol–water partition coefficient (Wildman–Crippen LogP) is 3.59. The standard InChI is InChI=1S/C16H11F2NO/c17-11-5-6-13(14(18)9-11)16(20)15-12-4-2-1-3-10(12)7-8-19-15/h1-9,16,20H. The Balaban J connectivity index is 2.15. The van der Waals surface area contributed by atoms with Gasteiger partial charge >= 0.3 is 0 Å². The first-order valence-corrected chi connectivity index (χ1v) is 6.13. The molecule has 0 spiro atoms. The molecule has 3 rings (SSSR count). The summed E-state index contributed by atoms with van der Waals surface area (Å²) in [4.78, 5) is 4.14. The zero-order valence-electron chi connectivity index (χ0n) is 10.4. The molecule has 1 heterocycles. The zero-order valence-corrected chi connectivity index (χ0v) is 10.4. The van der Waals surface area contributed by atoms with Crippen molar-refractivity contribution in [3.63, 3.8) is 0 Å². The lowest BCUT2D eigenvalue weighted by molar-refractivity contribution is 0.211. The van der Waals surface area contributed by atoms with Crippen LogP contribution < -0.4 is 0 Å². The van der Waals surface area contributed by atoms with Gasteiger partial charge in [0.25, 0.3) is 0 Å². The largest absolute Gasteiger partial charge is 0.382 e. The number of halogens is 2. The predicted molar refractivity (Wildman–Crippen MR) is 72.2 cm³/mol. The number of rotatable bonds is 2. The molecule has 1 N–H and O–H groups in total. The van der Waals surface area contributed by atoms with Crippen LogP contribution in [0.25, 0.3) is 10.8 Å². The third kappa shape index (κ3) is 2.14. The topological polar surface area (TPSA) is 33.1 Å². The molecule has 2 nitrogen and oxygen atoms in total. The van der Waals surface area contributed by atoms with E-state index in [1.165, 1.54) is 6.07 Å². The smallest absolute Gasteiger partial charge is 0.132 e. The van der Waals surface area contributed by atoms with E-state index in [-0.39, 0.29) is 5.56 Å². The van der Waals surface area contributed by atoms with E-state index in [0.717, 1.165) is 22.9 Å². The summed E-state index contributed by atoms with van der Waals surface area (Å²) in [5, 5.41) is 12.0. The summed E-state index contributed by atoms with van der Waals surface area (Å²) in [5.41, 5.74) is 0.365. The minimum Gasteiger partial charge on any atom is -0.382 e. The minimum absolute atomic E-state index is 0.00949. The molecule has 2 aromatic carbocycles. The summed E-state index contributed by atoms with van der Waals surface area (Å²) in [6.45, 7) is 0. The van der Waals surface area contributed by atoms with Crippen molar-refractivity contribution in [3.8, 4) is 0 Å². The van der Waals surface area contributed by atoms with Gasteiger partial charge in [0.15, 0.2) is 0 Å². The number of aliphatic hydroxyl groups is 1. The molecule has 20 heavy (non-hydrogen) atoms. The Labute approximate surface area is 114 Å². The van der Waals surface area contributed by atoms with Crippen molar-refractivity contribution >= 4 is 10.8 Å². The maximum atomic E-state index is 13.8. The van der Waals surface area contributed by atoms with Crippen LogP contribution in [0.5, 0.6) is 0 Å². The van der Waals surface area contributed by atoms with E-state index < -0.39 is 17.7 Å². The van der Waals surface area contributed by atoms with Gasteiger partial charge in [0.1, 0.15) is 17.7 Å². The highest BCUT2D eigenvalue weighted by molar-refractivity contribution is 5.84. The molecule has 100 valence electrons. The van der Waals surface area contributed by atoms with Crippen molar-refractivity contribution in [3.05, 3.63) is 77.6 Å². The number of hydrogen-bond donors (Lipinski definition) is 1. The third-order valence-electron chi connectivity index (χ3n) is 3.22. The fourth-order valence-corrected chi connectivity index (χ4v) is 2.23. The Morgan fingerprint density at radius 1 is 1.00 bits per heavy atom. The SMILES string of the molecule is OC(c1ccc(F)cc1F)c1nccc2ccccc12. The Bertz CT molecular complexity index is 768. The lowest BCUT2D eigenvalue weighted by Gasteiger charge is -2.13. The van der Waals surface area contributed by atoms with Crippen molar-refractivity contribution in [2.45, 2.75) is 6.10 Å². The Kier molecular flexibility index (Phi) is 3.16. The van der Waals surface area contributed by atoms with Gasteiger partial charge < -0.3 is 5.11 Å².